The summed E-state index contributed by atoms with van der Waals surface area (Å²) in [5.74, 6) is -0.669. The first-order valence-electron chi connectivity index (χ1n) is 25.0. The van der Waals surface area contributed by atoms with Gasteiger partial charge in [-0.05, 0) is 122 Å². The molecule has 5 heteroatoms. The molecule has 0 radical (unpaired) electrons. The van der Waals surface area contributed by atoms with E-state index in [0.29, 0.717) is 12.8 Å². The van der Waals surface area contributed by atoms with Crippen LogP contribution in [0.5, 0.6) is 0 Å². The smallest absolute Gasteiger partial charge is 0.306 e. The monoisotopic (exact) mass is 879 g/mol. The molecule has 356 valence electrons. The van der Waals surface area contributed by atoms with Gasteiger partial charge in [-0.1, -0.05) is 204 Å². The van der Waals surface area contributed by atoms with Crippen molar-refractivity contribution in [3.8, 4) is 0 Å². The lowest BCUT2D eigenvalue weighted by Crippen LogP contribution is -2.28. The summed E-state index contributed by atoms with van der Waals surface area (Å²) in [4.78, 5) is 24.3. The van der Waals surface area contributed by atoms with Gasteiger partial charge in [0.05, 0.1) is 6.61 Å². The Morgan fingerprint density at radius 3 is 1.06 bits per heavy atom. The van der Waals surface area contributed by atoms with Crippen molar-refractivity contribution >= 4 is 11.9 Å². The van der Waals surface area contributed by atoms with Gasteiger partial charge >= 0.3 is 11.9 Å². The second kappa shape index (κ2) is 52.9. The quantitative estimate of drug-likeness (QED) is 0.0375. The van der Waals surface area contributed by atoms with Crippen LogP contribution in [0.4, 0.5) is 0 Å². The molecule has 64 heavy (non-hydrogen) atoms. The Balaban J connectivity index is 3.73. The van der Waals surface area contributed by atoms with Crippen LogP contribution < -0.4 is 0 Å². The zero-order valence-corrected chi connectivity index (χ0v) is 40.5. The van der Waals surface area contributed by atoms with E-state index in [9.17, 15) is 14.7 Å². The van der Waals surface area contributed by atoms with Gasteiger partial charge < -0.3 is 14.6 Å². The summed E-state index contributed by atoms with van der Waals surface area (Å²) in [5.41, 5.74) is 0. The normalized spacial score (nSPS) is 13.6. The summed E-state index contributed by atoms with van der Waals surface area (Å²) in [5, 5.41) is 9.57. The van der Waals surface area contributed by atoms with E-state index in [-0.39, 0.29) is 31.6 Å². The lowest BCUT2D eigenvalue weighted by molar-refractivity contribution is -0.161. The molecule has 0 aliphatic rings. The number of hydrogen-bond acceptors (Lipinski definition) is 5. The first-order chi connectivity index (χ1) is 31.6. The second-order valence-electron chi connectivity index (χ2n) is 15.8. The summed E-state index contributed by atoms with van der Waals surface area (Å²) >= 11 is 0. The van der Waals surface area contributed by atoms with Crippen LogP contribution in [0.3, 0.4) is 0 Å². The van der Waals surface area contributed by atoms with Crippen molar-refractivity contribution in [2.75, 3.05) is 13.2 Å². The molecule has 0 aromatic rings. The highest BCUT2D eigenvalue weighted by atomic mass is 16.6. The van der Waals surface area contributed by atoms with E-state index in [0.717, 1.165) is 116 Å². The molecule has 0 saturated carbocycles. The minimum Gasteiger partial charge on any atom is -0.462 e. The summed E-state index contributed by atoms with van der Waals surface area (Å²) in [6, 6.07) is 0. The first-order valence-corrected chi connectivity index (χ1v) is 25.0. The van der Waals surface area contributed by atoms with Crippen molar-refractivity contribution < 1.29 is 24.2 Å². The number of aliphatic hydroxyl groups is 1. The van der Waals surface area contributed by atoms with Crippen molar-refractivity contribution in [3.05, 3.63) is 158 Å². The predicted octanol–water partition coefficient (Wildman–Crippen LogP) is 16.8. The van der Waals surface area contributed by atoms with E-state index in [1.54, 1.807) is 0 Å². The van der Waals surface area contributed by atoms with Gasteiger partial charge in [0.15, 0.2) is 6.10 Å². The molecule has 1 N–H and O–H groups in total. The van der Waals surface area contributed by atoms with Crippen molar-refractivity contribution in [3.63, 3.8) is 0 Å². The van der Waals surface area contributed by atoms with Crippen LogP contribution in [0.15, 0.2) is 158 Å². The van der Waals surface area contributed by atoms with Crippen molar-refractivity contribution in [1.29, 1.82) is 0 Å². The molecule has 5 nitrogen and oxygen atoms in total. The molecule has 0 aliphatic carbocycles. The maximum Gasteiger partial charge on any atom is 0.306 e. The predicted molar refractivity (Wildman–Crippen MR) is 278 cm³/mol. The highest BCUT2D eigenvalue weighted by Gasteiger charge is 2.16. The zero-order valence-electron chi connectivity index (χ0n) is 40.5. The molecular formula is C59H90O5. The molecule has 0 spiro atoms. The lowest BCUT2D eigenvalue weighted by Gasteiger charge is -2.15. The molecule has 0 aromatic carbocycles. The van der Waals surface area contributed by atoms with Crippen LogP contribution in [0.1, 0.15) is 181 Å². The van der Waals surface area contributed by atoms with Gasteiger partial charge in [-0.15, -0.1) is 0 Å². The van der Waals surface area contributed by atoms with Gasteiger partial charge in [-0.2, -0.15) is 0 Å². The first kappa shape index (κ1) is 59.5. The van der Waals surface area contributed by atoms with Crippen LogP contribution in [0.2, 0.25) is 0 Å². The Morgan fingerprint density at radius 1 is 0.375 bits per heavy atom. The van der Waals surface area contributed by atoms with E-state index >= 15 is 0 Å². The van der Waals surface area contributed by atoms with E-state index < -0.39 is 6.10 Å². The van der Waals surface area contributed by atoms with Gasteiger partial charge in [-0.3, -0.25) is 9.59 Å². The van der Waals surface area contributed by atoms with E-state index in [4.69, 9.17) is 9.47 Å². The van der Waals surface area contributed by atoms with E-state index in [1.165, 1.54) is 32.1 Å². The van der Waals surface area contributed by atoms with Gasteiger partial charge in [0.1, 0.15) is 6.61 Å². The molecule has 0 rings (SSSR count). The van der Waals surface area contributed by atoms with Crippen molar-refractivity contribution in [2.45, 2.75) is 187 Å². The molecule has 0 heterocycles. The number of carbonyl (C=O) groups excluding carboxylic acids is 2. The fourth-order valence-electron chi connectivity index (χ4n) is 6.04. The van der Waals surface area contributed by atoms with Gasteiger partial charge in [0.2, 0.25) is 0 Å². The summed E-state index contributed by atoms with van der Waals surface area (Å²) in [7, 11) is 0. The van der Waals surface area contributed by atoms with Crippen molar-refractivity contribution in [2.24, 2.45) is 0 Å². The second-order valence-corrected chi connectivity index (χ2v) is 15.8. The third-order valence-electron chi connectivity index (χ3n) is 9.81. The van der Waals surface area contributed by atoms with Crippen LogP contribution in [0, 0.1) is 0 Å². The fraction of sp³-hybridized carbons (Fsp3) is 0.525. The zero-order chi connectivity index (χ0) is 46.3. The van der Waals surface area contributed by atoms with Crippen LogP contribution in [-0.2, 0) is 19.1 Å². The molecule has 0 aliphatic heterocycles. The molecule has 1 atom stereocenters. The van der Waals surface area contributed by atoms with Crippen LogP contribution in [0.25, 0.3) is 0 Å². The number of carbonyl (C=O) groups is 2. The number of aliphatic hydroxyl groups excluding tert-OH is 1. The lowest BCUT2D eigenvalue weighted by atomic mass is 10.1. The molecule has 1 unspecified atom stereocenters. The highest BCUT2D eigenvalue weighted by Crippen LogP contribution is 2.10. The van der Waals surface area contributed by atoms with Gasteiger partial charge in [-0.25, -0.2) is 0 Å². The molecule has 0 aromatic heterocycles. The minimum absolute atomic E-state index is 0.0981. The Labute approximate surface area is 392 Å². The minimum atomic E-state index is -0.808. The molecule has 0 saturated heterocycles. The van der Waals surface area contributed by atoms with Gasteiger partial charge in [0, 0.05) is 12.8 Å². The number of unbranched alkanes of at least 4 members (excludes halogenated alkanes) is 9. The van der Waals surface area contributed by atoms with Crippen LogP contribution in [-0.4, -0.2) is 36.4 Å². The average Bonchev–Trinajstić information content (AvgIpc) is 3.30. The highest BCUT2D eigenvalue weighted by molar-refractivity contribution is 5.70. The molecule has 0 amide bonds. The third-order valence-corrected chi connectivity index (χ3v) is 9.81. The summed E-state index contributed by atoms with van der Waals surface area (Å²) in [6.45, 7) is 3.91. The molecule has 0 bridgehead atoms. The van der Waals surface area contributed by atoms with Crippen LogP contribution >= 0.6 is 0 Å². The fourth-order valence-corrected chi connectivity index (χ4v) is 6.04. The Bertz CT molecular complexity index is 1460. The number of allylic oxidation sites excluding steroid dienone is 26. The van der Waals surface area contributed by atoms with E-state index in [1.807, 2.05) is 0 Å². The maximum atomic E-state index is 12.2. The maximum absolute atomic E-state index is 12.2. The standard InChI is InChI=1S/C59H90O5/c1-3-5-7-9-11-13-15-16-17-18-19-20-21-22-23-24-25-26-27-28-29-30-31-32-33-34-35-36-37-38-39-40-41-42-44-46-48-50-52-54-59(62)64-57(55-60)56-63-58(61)53-51-49-47-45-43-14-12-10-8-6-4-2/h5,7,10-13,16-17,19-20,22-23,25-26,28-29,31-32,34-35,37-38,40-41,44,46,57,60H,3-4,6,8-9,14-15,18,21,24,27,30,33,36,39,42-43,45,47-56H2,1-2H3/b7-5-,12-10-,13-11-,17-16-,20-19-,23-22-,26-25-,29-28-,32-31-,35-34-,38-37-,41-40-,46-44-. The number of esters is 2. The Morgan fingerprint density at radius 2 is 0.672 bits per heavy atom. The summed E-state index contributed by atoms with van der Waals surface area (Å²) < 4.78 is 10.6. The molecular weight excluding hydrogens is 789 g/mol. The van der Waals surface area contributed by atoms with Crippen molar-refractivity contribution in [1.82, 2.24) is 0 Å². The topological polar surface area (TPSA) is 72.8 Å². The number of ether oxygens (including phenoxy) is 2. The SMILES string of the molecule is CC/C=C\C/C=C\C/C=C\C/C=C\C/C=C\C/C=C\C/C=C\C/C=C\C/C=C\C/C=C\C/C=C\C/C=C\CCCCC(=O)OC(CO)COC(=O)CCCCCCC/C=C\CCCC. The summed E-state index contributed by atoms with van der Waals surface area (Å²) in [6.07, 6.45) is 82.0. The largest absolute Gasteiger partial charge is 0.462 e. The Kier molecular flexibility index (Phi) is 49.2. The third kappa shape index (κ3) is 50.2. The van der Waals surface area contributed by atoms with E-state index in [2.05, 4.69) is 172 Å². The molecule has 0 fully saturated rings. The van der Waals surface area contributed by atoms with Gasteiger partial charge in [0.25, 0.3) is 0 Å². The Hall–Kier alpha value is -4.48. The number of rotatable bonds is 43. The average molecular weight is 879 g/mol. The number of hydrogen-bond donors (Lipinski definition) is 1.